The number of phenols is 1. The Labute approximate surface area is 119 Å². The summed E-state index contributed by atoms with van der Waals surface area (Å²) in [5, 5.41) is 21.2. The van der Waals surface area contributed by atoms with Gasteiger partial charge in [0.1, 0.15) is 5.75 Å². The molecule has 0 spiro atoms. The summed E-state index contributed by atoms with van der Waals surface area (Å²) in [6.07, 6.45) is 1.71. The SMILES string of the molecule is Cc1c(O)cccc1-c1nnc(CCCNC(C)C)o1. The van der Waals surface area contributed by atoms with Gasteiger partial charge in [-0.25, -0.2) is 0 Å². The maximum absolute atomic E-state index is 9.70. The van der Waals surface area contributed by atoms with E-state index in [-0.39, 0.29) is 5.75 Å². The standard InChI is InChI=1S/C15H21N3O2/c1-10(2)16-9-5-8-14-17-18-15(20-14)12-6-4-7-13(19)11(12)3/h4,6-7,10,16,19H,5,8-9H2,1-3H3. The molecular weight excluding hydrogens is 254 g/mol. The highest BCUT2D eigenvalue weighted by molar-refractivity contribution is 5.61. The fourth-order valence-electron chi connectivity index (χ4n) is 1.95. The summed E-state index contributed by atoms with van der Waals surface area (Å²) in [5.41, 5.74) is 1.54. The fraction of sp³-hybridized carbons (Fsp3) is 0.467. The number of nitrogens with one attached hydrogen (secondary N) is 1. The zero-order valence-corrected chi connectivity index (χ0v) is 12.2. The van der Waals surface area contributed by atoms with Gasteiger partial charge in [-0.3, -0.25) is 0 Å². The van der Waals surface area contributed by atoms with E-state index in [1.807, 2.05) is 13.0 Å². The Kier molecular flexibility index (Phi) is 4.74. The summed E-state index contributed by atoms with van der Waals surface area (Å²) in [6.45, 7) is 7.01. The molecule has 0 unspecified atom stereocenters. The monoisotopic (exact) mass is 275 g/mol. The van der Waals surface area contributed by atoms with Crippen molar-refractivity contribution >= 4 is 0 Å². The van der Waals surface area contributed by atoms with E-state index < -0.39 is 0 Å². The fourth-order valence-corrected chi connectivity index (χ4v) is 1.95. The Morgan fingerprint density at radius 1 is 1.30 bits per heavy atom. The van der Waals surface area contributed by atoms with Crippen LogP contribution in [0.2, 0.25) is 0 Å². The molecule has 0 radical (unpaired) electrons. The first kappa shape index (κ1) is 14.5. The van der Waals surface area contributed by atoms with Crippen LogP contribution in [0, 0.1) is 6.92 Å². The molecule has 0 bridgehead atoms. The summed E-state index contributed by atoms with van der Waals surface area (Å²) in [7, 11) is 0. The van der Waals surface area contributed by atoms with Crippen LogP contribution in [0.3, 0.4) is 0 Å². The predicted molar refractivity (Wildman–Crippen MR) is 77.6 cm³/mol. The molecule has 0 aliphatic rings. The molecule has 0 saturated carbocycles. The summed E-state index contributed by atoms with van der Waals surface area (Å²) < 4.78 is 5.65. The lowest BCUT2D eigenvalue weighted by Gasteiger charge is -2.05. The van der Waals surface area contributed by atoms with Crippen molar-refractivity contribution in [1.82, 2.24) is 15.5 Å². The normalized spacial score (nSPS) is 11.2. The molecule has 0 saturated heterocycles. The minimum atomic E-state index is 0.239. The summed E-state index contributed by atoms with van der Waals surface area (Å²) in [4.78, 5) is 0. The van der Waals surface area contributed by atoms with Crippen molar-refractivity contribution in [2.24, 2.45) is 0 Å². The van der Waals surface area contributed by atoms with Gasteiger partial charge in [0, 0.05) is 23.6 Å². The molecule has 5 nitrogen and oxygen atoms in total. The minimum absolute atomic E-state index is 0.239. The van der Waals surface area contributed by atoms with Gasteiger partial charge < -0.3 is 14.8 Å². The number of hydrogen-bond donors (Lipinski definition) is 2. The number of nitrogens with zero attached hydrogens (tertiary/aromatic N) is 2. The number of aromatic hydroxyl groups is 1. The summed E-state index contributed by atoms with van der Waals surface area (Å²) in [5.74, 6) is 1.34. The van der Waals surface area contributed by atoms with Crippen molar-refractivity contribution in [3.8, 4) is 17.2 Å². The van der Waals surface area contributed by atoms with Crippen LogP contribution in [0.4, 0.5) is 0 Å². The molecule has 0 atom stereocenters. The van der Waals surface area contributed by atoms with Gasteiger partial charge in [-0.15, -0.1) is 10.2 Å². The number of benzene rings is 1. The Morgan fingerprint density at radius 3 is 2.85 bits per heavy atom. The van der Waals surface area contributed by atoms with Gasteiger partial charge in [0.05, 0.1) is 0 Å². The van der Waals surface area contributed by atoms with Crippen LogP contribution in [0.15, 0.2) is 22.6 Å². The van der Waals surface area contributed by atoms with Gasteiger partial charge in [-0.2, -0.15) is 0 Å². The Bertz CT molecular complexity index is 564. The van der Waals surface area contributed by atoms with E-state index in [1.165, 1.54) is 0 Å². The first-order chi connectivity index (χ1) is 9.58. The Morgan fingerprint density at radius 2 is 2.10 bits per heavy atom. The zero-order valence-electron chi connectivity index (χ0n) is 12.2. The molecule has 2 N–H and O–H groups in total. The van der Waals surface area contributed by atoms with Gasteiger partial charge in [0.2, 0.25) is 11.8 Å². The van der Waals surface area contributed by atoms with Crippen molar-refractivity contribution in [3.05, 3.63) is 29.7 Å². The van der Waals surface area contributed by atoms with Crippen molar-refractivity contribution < 1.29 is 9.52 Å². The maximum Gasteiger partial charge on any atom is 0.248 e. The van der Waals surface area contributed by atoms with Crippen molar-refractivity contribution in [2.45, 2.75) is 39.7 Å². The number of aryl methyl sites for hydroxylation is 1. The molecule has 1 heterocycles. The van der Waals surface area contributed by atoms with Crippen molar-refractivity contribution in [2.75, 3.05) is 6.54 Å². The number of phenolic OH excluding ortho intramolecular Hbond substituents is 1. The van der Waals surface area contributed by atoms with Crippen LogP contribution in [-0.4, -0.2) is 27.9 Å². The van der Waals surface area contributed by atoms with Gasteiger partial charge in [0.25, 0.3) is 0 Å². The van der Waals surface area contributed by atoms with Crippen LogP contribution in [0.1, 0.15) is 31.7 Å². The quantitative estimate of drug-likeness (QED) is 0.793. The third kappa shape index (κ3) is 3.57. The third-order valence-corrected chi connectivity index (χ3v) is 3.12. The molecule has 2 aromatic rings. The molecule has 0 amide bonds. The third-order valence-electron chi connectivity index (χ3n) is 3.12. The van der Waals surface area contributed by atoms with E-state index in [2.05, 4.69) is 29.4 Å². The number of rotatable bonds is 6. The second kappa shape index (κ2) is 6.52. The maximum atomic E-state index is 9.70. The van der Waals surface area contributed by atoms with E-state index in [1.54, 1.807) is 12.1 Å². The topological polar surface area (TPSA) is 71.2 Å². The highest BCUT2D eigenvalue weighted by Crippen LogP contribution is 2.28. The van der Waals surface area contributed by atoms with Crippen LogP contribution < -0.4 is 5.32 Å². The van der Waals surface area contributed by atoms with Crippen LogP contribution in [0.5, 0.6) is 5.75 Å². The van der Waals surface area contributed by atoms with Crippen molar-refractivity contribution in [1.29, 1.82) is 0 Å². The number of hydrogen-bond acceptors (Lipinski definition) is 5. The lowest BCUT2D eigenvalue weighted by atomic mass is 10.1. The molecule has 1 aromatic carbocycles. The smallest absolute Gasteiger partial charge is 0.248 e. The first-order valence-electron chi connectivity index (χ1n) is 6.92. The molecule has 108 valence electrons. The van der Waals surface area contributed by atoms with Gasteiger partial charge in [-0.05, 0) is 32.0 Å². The van der Waals surface area contributed by atoms with E-state index in [0.717, 1.165) is 30.5 Å². The molecule has 20 heavy (non-hydrogen) atoms. The molecule has 0 aliphatic carbocycles. The lowest BCUT2D eigenvalue weighted by molar-refractivity contribution is 0.468. The zero-order chi connectivity index (χ0) is 14.5. The predicted octanol–water partition coefficient (Wildman–Crippen LogP) is 2.68. The highest BCUT2D eigenvalue weighted by atomic mass is 16.4. The largest absolute Gasteiger partial charge is 0.508 e. The molecule has 0 fully saturated rings. The highest BCUT2D eigenvalue weighted by Gasteiger charge is 2.12. The van der Waals surface area contributed by atoms with E-state index in [4.69, 9.17) is 4.42 Å². The minimum Gasteiger partial charge on any atom is -0.508 e. The Hall–Kier alpha value is -1.88. The van der Waals surface area contributed by atoms with Crippen LogP contribution >= 0.6 is 0 Å². The van der Waals surface area contributed by atoms with Crippen LogP contribution in [0.25, 0.3) is 11.5 Å². The molecule has 2 rings (SSSR count). The second-order valence-electron chi connectivity index (χ2n) is 5.16. The van der Waals surface area contributed by atoms with Crippen LogP contribution in [-0.2, 0) is 6.42 Å². The van der Waals surface area contributed by atoms with Gasteiger partial charge in [-0.1, -0.05) is 19.9 Å². The molecule has 0 aliphatic heterocycles. The summed E-state index contributed by atoms with van der Waals surface area (Å²) >= 11 is 0. The second-order valence-corrected chi connectivity index (χ2v) is 5.16. The molecular formula is C15H21N3O2. The van der Waals surface area contributed by atoms with E-state index in [0.29, 0.717) is 17.8 Å². The van der Waals surface area contributed by atoms with Gasteiger partial charge in [0.15, 0.2) is 0 Å². The van der Waals surface area contributed by atoms with Gasteiger partial charge >= 0.3 is 0 Å². The Balaban J connectivity index is 2.00. The van der Waals surface area contributed by atoms with E-state index in [9.17, 15) is 5.11 Å². The summed E-state index contributed by atoms with van der Waals surface area (Å²) in [6, 6.07) is 5.78. The average molecular weight is 275 g/mol. The molecule has 5 heteroatoms. The van der Waals surface area contributed by atoms with E-state index >= 15 is 0 Å². The van der Waals surface area contributed by atoms with Crippen molar-refractivity contribution in [3.63, 3.8) is 0 Å². The first-order valence-corrected chi connectivity index (χ1v) is 6.92. The lowest BCUT2D eigenvalue weighted by Crippen LogP contribution is -2.23. The average Bonchev–Trinajstić information content (AvgIpc) is 2.86. The molecule has 1 aromatic heterocycles. The number of aromatic nitrogens is 2.